The highest BCUT2D eigenvalue weighted by Crippen LogP contribution is 2.28. The minimum atomic E-state index is -3.42. The fourth-order valence-corrected chi connectivity index (χ4v) is 4.95. The van der Waals surface area contributed by atoms with E-state index in [1.807, 2.05) is 36.4 Å². The van der Waals surface area contributed by atoms with Crippen LogP contribution in [0.2, 0.25) is 0 Å². The van der Waals surface area contributed by atoms with Gasteiger partial charge in [0.15, 0.2) is 0 Å². The number of sulfonamides is 1. The Hall–Kier alpha value is -1.14. The van der Waals surface area contributed by atoms with Gasteiger partial charge in [-0.2, -0.15) is 4.31 Å². The molecule has 1 fully saturated rings. The van der Waals surface area contributed by atoms with Crippen LogP contribution in [0.5, 0.6) is 0 Å². The lowest BCUT2D eigenvalue weighted by molar-refractivity contribution is 0.268. The van der Waals surface area contributed by atoms with Gasteiger partial charge < -0.3 is 5.32 Å². The van der Waals surface area contributed by atoms with Gasteiger partial charge >= 0.3 is 0 Å². The van der Waals surface area contributed by atoms with Gasteiger partial charge in [-0.05, 0) is 43.3 Å². The van der Waals surface area contributed by atoms with Gasteiger partial charge in [0.05, 0.1) is 4.90 Å². The monoisotopic (exact) mass is 368 g/mol. The molecule has 1 heterocycles. The van der Waals surface area contributed by atoms with Crippen LogP contribution in [0.3, 0.4) is 0 Å². The second-order valence-electron chi connectivity index (χ2n) is 6.13. The van der Waals surface area contributed by atoms with Gasteiger partial charge in [-0.25, -0.2) is 8.42 Å². The number of nitrogens with zero attached hydrogens (tertiary/aromatic N) is 1. The Labute approximate surface area is 150 Å². The molecule has 0 aliphatic carbocycles. The highest BCUT2D eigenvalue weighted by molar-refractivity contribution is 7.89. The summed E-state index contributed by atoms with van der Waals surface area (Å²) in [6.45, 7) is 5.27. The summed E-state index contributed by atoms with van der Waals surface area (Å²) in [7, 11) is -3.42. The van der Waals surface area contributed by atoms with Gasteiger partial charge in [0.2, 0.25) is 10.0 Å². The third-order valence-electron chi connectivity index (χ3n) is 4.62. The summed E-state index contributed by atoms with van der Waals surface area (Å²) in [6, 6.07) is 13.2. The predicted molar refractivity (Wildman–Crippen MR) is 101 cm³/mol. The topological polar surface area (TPSA) is 49.4 Å². The van der Waals surface area contributed by atoms with Crippen molar-refractivity contribution in [2.24, 2.45) is 5.92 Å². The maximum Gasteiger partial charge on any atom is 0.243 e. The number of fused-ring (bicyclic) bond motifs is 1. The summed E-state index contributed by atoms with van der Waals surface area (Å²) in [4.78, 5) is 0.431. The predicted octanol–water partition coefficient (Wildman–Crippen LogP) is 3.27. The van der Waals surface area contributed by atoms with E-state index >= 15 is 0 Å². The van der Waals surface area contributed by atoms with E-state index < -0.39 is 10.0 Å². The van der Waals surface area contributed by atoms with Crippen molar-refractivity contribution in [1.82, 2.24) is 9.62 Å². The molecular weight excluding hydrogens is 344 g/mol. The highest BCUT2D eigenvalue weighted by Gasteiger charge is 2.30. The van der Waals surface area contributed by atoms with Crippen LogP contribution in [0, 0.1) is 5.92 Å². The smallest absolute Gasteiger partial charge is 0.243 e. The van der Waals surface area contributed by atoms with Gasteiger partial charge in [0.25, 0.3) is 0 Å². The Morgan fingerprint density at radius 1 is 1.08 bits per heavy atom. The summed E-state index contributed by atoms with van der Waals surface area (Å²) in [5, 5.41) is 5.14. The third kappa shape index (κ3) is 3.91. The van der Waals surface area contributed by atoms with Crippen molar-refractivity contribution < 1.29 is 8.42 Å². The molecule has 6 heteroatoms. The first-order valence-corrected chi connectivity index (χ1v) is 9.75. The maximum atomic E-state index is 13.0. The van der Waals surface area contributed by atoms with E-state index in [1.54, 1.807) is 10.4 Å². The molecule has 0 spiro atoms. The van der Waals surface area contributed by atoms with Crippen molar-refractivity contribution in [1.29, 1.82) is 0 Å². The number of hydrogen-bond donors (Lipinski definition) is 1. The largest absolute Gasteiger partial charge is 0.317 e. The molecule has 0 radical (unpaired) electrons. The van der Waals surface area contributed by atoms with E-state index in [4.69, 9.17) is 0 Å². The number of piperidine rings is 1. The molecule has 132 valence electrons. The molecule has 0 amide bonds. The molecule has 1 N–H and O–H groups in total. The normalized spacial score (nSPS) is 16.9. The van der Waals surface area contributed by atoms with E-state index in [9.17, 15) is 8.42 Å². The van der Waals surface area contributed by atoms with Crippen LogP contribution in [-0.2, 0) is 10.0 Å². The van der Waals surface area contributed by atoms with Crippen LogP contribution >= 0.6 is 12.4 Å². The molecular formula is C18H25ClN2O2S. The summed E-state index contributed by atoms with van der Waals surface area (Å²) in [5.41, 5.74) is 0. The fourth-order valence-electron chi connectivity index (χ4n) is 3.26. The lowest BCUT2D eigenvalue weighted by atomic mass is 9.98. The van der Waals surface area contributed by atoms with E-state index in [0.717, 1.165) is 36.7 Å². The minimum absolute atomic E-state index is 0. The van der Waals surface area contributed by atoms with Gasteiger partial charge in [0, 0.05) is 18.5 Å². The maximum absolute atomic E-state index is 13.0. The molecule has 0 bridgehead atoms. The van der Waals surface area contributed by atoms with Crippen molar-refractivity contribution >= 4 is 33.2 Å². The number of benzene rings is 2. The Balaban J connectivity index is 0.00000208. The summed E-state index contributed by atoms with van der Waals surface area (Å²) < 4.78 is 27.7. The Bertz CT molecular complexity index is 766. The number of rotatable bonds is 5. The zero-order valence-electron chi connectivity index (χ0n) is 13.9. The first kappa shape index (κ1) is 19.2. The molecule has 2 aromatic carbocycles. The third-order valence-corrected chi connectivity index (χ3v) is 6.58. The molecule has 0 saturated carbocycles. The van der Waals surface area contributed by atoms with E-state index in [2.05, 4.69) is 12.2 Å². The first-order chi connectivity index (χ1) is 11.1. The Morgan fingerprint density at radius 2 is 1.75 bits per heavy atom. The van der Waals surface area contributed by atoms with Crippen LogP contribution in [0.4, 0.5) is 0 Å². The lowest BCUT2D eigenvalue weighted by Crippen LogP contribution is -2.40. The first-order valence-electron chi connectivity index (χ1n) is 8.31. The second kappa shape index (κ2) is 8.30. The molecule has 0 aromatic heterocycles. The number of nitrogens with one attached hydrogen (secondary N) is 1. The van der Waals surface area contributed by atoms with Crippen LogP contribution in [0.25, 0.3) is 10.8 Å². The van der Waals surface area contributed by atoms with Crippen molar-refractivity contribution in [3.63, 3.8) is 0 Å². The SMILES string of the molecule is CCNCC1CCN(S(=O)(=O)c2cccc3ccccc23)CC1.Cl. The Kier molecular flexibility index (Phi) is 6.63. The quantitative estimate of drug-likeness (QED) is 0.881. The van der Waals surface area contributed by atoms with E-state index in [-0.39, 0.29) is 12.4 Å². The Morgan fingerprint density at radius 3 is 2.46 bits per heavy atom. The summed E-state index contributed by atoms with van der Waals surface area (Å²) >= 11 is 0. The summed E-state index contributed by atoms with van der Waals surface area (Å²) in [5.74, 6) is 0.578. The molecule has 1 aliphatic heterocycles. The minimum Gasteiger partial charge on any atom is -0.317 e. The van der Waals surface area contributed by atoms with Gasteiger partial charge in [-0.1, -0.05) is 43.3 Å². The molecule has 1 saturated heterocycles. The number of halogens is 1. The van der Waals surface area contributed by atoms with Crippen LogP contribution in [0.15, 0.2) is 47.4 Å². The molecule has 0 unspecified atom stereocenters. The average molecular weight is 369 g/mol. The van der Waals surface area contributed by atoms with Gasteiger partial charge in [0.1, 0.15) is 0 Å². The van der Waals surface area contributed by atoms with Crippen molar-refractivity contribution in [2.45, 2.75) is 24.7 Å². The zero-order chi connectivity index (χ0) is 16.3. The lowest BCUT2D eigenvalue weighted by Gasteiger charge is -2.31. The van der Waals surface area contributed by atoms with E-state index in [1.165, 1.54) is 0 Å². The molecule has 1 aliphatic rings. The molecule has 2 aromatic rings. The standard InChI is InChI=1S/C18H24N2O2S.ClH/c1-2-19-14-15-10-12-20(13-11-15)23(21,22)18-9-5-7-16-6-3-4-8-17(16)18;/h3-9,15,19H,2,10-14H2,1H3;1H. The molecule has 0 atom stereocenters. The van der Waals surface area contributed by atoms with Crippen molar-refractivity contribution in [3.8, 4) is 0 Å². The van der Waals surface area contributed by atoms with E-state index in [0.29, 0.717) is 23.9 Å². The van der Waals surface area contributed by atoms with Crippen LogP contribution in [-0.4, -0.2) is 38.9 Å². The fraction of sp³-hybridized carbons (Fsp3) is 0.444. The van der Waals surface area contributed by atoms with Crippen molar-refractivity contribution in [2.75, 3.05) is 26.2 Å². The zero-order valence-corrected chi connectivity index (χ0v) is 15.6. The second-order valence-corrected chi connectivity index (χ2v) is 8.04. The summed E-state index contributed by atoms with van der Waals surface area (Å²) in [6.07, 6.45) is 1.86. The van der Waals surface area contributed by atoms with Gasteiger partial charge in [-0.15, -0.1) is 12.4 Å². The van der Waals surface area contributed by atoms with Crippen LogP contribution in [0.1, 0.15) is 19.8 Å². The molecule has 3 rings (SSSR count). The molecule has 4 nitrogen and oxygen atoms in total. The average Bonchev–Trinajstić information content (AvgIpc) is 2.59. The highest BCUT2D eigenvalue weighted by atomic mass is 35.5. The molecule has 24 heavy (non-hydrogen) atoms. The van der Waals surface area contributed by atoms with Crippen LogP contribution < -0.4 is 5.32 Å². The number of hydrogen-bond acceptors (Lipinski definition) is 3. The van der Waals surface area contributed by atoms with Crippen molar-refractivity contribution in [3.05, 3.63) is 42.5 Å². The van der Waals surface area contributed by atoms with Gasteiger partial charge in [-0.3, -0.25) is 0 Å².